The van der Waals surface area contributed by atoms with Crippen molar-refractivity contribution in [1.29, 1.82) is 0 Å². The van der Waals surface area contributed by atoms with Gasteiger partial charge in [0.2, 0.25) is 5.91 Å². The van der Waals surface area contributed by atoms with Crippen molar-refractivity contribution in [1.82, 2.24) is 5.32 Å². The van der Waals surface area contributed by atoms with E-state index in [1.807, 2.05) is 60.7 Å². The van der Waals surface area contributed by atoms with E-state index in [1.165, 1.54) is 6.92 Å². The third-order valence-electron chi connectivity index (χ3n) is 5.85. The molecule has 200 valence electrons. The van der Waals surface area contributed by atoms with Crippen LogP contribution in [0.1, 0.15) is 45.1 Å². The second-order valence-corrected chi connectivity index (χ2v) is 10.1. The number of ether oxygens (including phenoxy) is 6. The minimum absolute atomic E-state index is 0.217. The number of esters is 1. The van der Waals surface area contributed by atoms with Gasteiger partial charge >= 0.3 is 5.97 Å². The molecule has 1 amide bonds. The van der Waals surface area contributed by atoms with Crippen LogP contribution in [0.3, 0.4) is 0 Å². The van der Waals surface area contributed by atoms with Gasteiger partial charge in [0, 0.05) is 12.5 Å². The summed E-state index contributed by atoms with van der Waals surface area (Å²) >= 11 is 0. The van der Waals surface area contributed by atoms with Gasteiger partial charge in [0.15, 0.2) is 12.6 Å². The zero-order valence-corrected chi connectivity index (χ0v) is 21.6. The average Bonchev–Trinajstić information content (AvgIpc) is 2.86. The van der Waals surface area contributed by atoms with E-state index in [2.05, 4.69) is 5.32 Å². The molecule has 6 atom stereocenters. The maximum atomic E-state index is 12.5. The van der Waals surface area contributed by atoms with Crippen molar-refractivity contribution in [2.24, 2.45) is 0 Å². The van der Waals surface area contributed by atoms with Crippen LogP contribution in [0, 0.1) is 0 Å². The molecule has 0 saturated carbocycles. The quantitative estimate of drug-likeness (QED) is 0.537. The molecule has 0 unspecified atom stereocenters. The molecular weight excluding hydrogens is 478 g/mol. The summed E-state index contributed by atoms with van der Waals surface area (Å²) in [7, 11) is 0. The lowest BCUT2D eigenvalue weighted by Crippen LogP contribution is -2.67. The molecule has 0 spiro atoms. The van der Waals surface area contributed by atoms with Crippen LogP contribution in [0.2, 0.25) is 0 Å². The van der Waals surface area contributed by atoms with E-state index in [0.29, 0.717) is 0 Å². The number of rotatable bonds is 8. The zero-order chi connectivity index (χ0) is 26.4. The van der Waals surface area contributed by atoms with Crippen LogP contribution in [0.25, 0.3) is 0 Å². The predicted octanol–water partition coefficient (Wildman–Crippen LogP) is 3.27. The summed E-state index contributed by atoms with van der Waals surface area (Å²) in [4.78, 5) is 24.7. The van der Waals surface area contributed by atoms with Gasteiger partial charge in [0.25, 0.3) is 0 Å². The summed E-state index contributed by atoms with van der Waals surface area (Å²) < 4.78 is 36.2. The first kappa shape index (κ1) is 27.2. The third-order valence-corrected chi connectivity index (χ3v) is 5.85. The first-order chi connectivity index (χ1) is 17.7. The molecule has 2 aliphatic heterocycles. The molecular formula is C28H35NO8. The van der Waals surface area contributed by atoms with E-state index in [9.17, 15) is 9.59 Å². The Hall–Kier alpha value is -2.82. The van der Waals surface area contributed by atoms with Crippen LogP contribution in [0.4, 0.5) is 0 Å². The van der Waals surface area contributed by atoms with E-state index in [4.69, 9.17) is 28.4 Å². The largest absolute Gasteiger partial charge is 0.458 e. The summed E-state index contributed by atoms with van der Waals surface area (Å²) in [6, 6.07) is 18.4. The van der Waals surface area contributed by atoms with Gasteiger partial charge in [0.05, 0.1) is 13.2 Å². The highest BCUT2D eigenvalue weighted by Crippen LogP contribution is 2.36. The fourth-order valence-corrected chi connectivity index (χ4v) is 4.37. The maximum absolute atomic E-state index is 12.5. The number of fused-ring (bicyclic) bond motifs is 1. The maximum Gasteiger partial charge on any atom is 0.332 e. The minimum atomic E-state index is -0.866. The number of hydrogen-bond acceptors (Lipinski definition) is 8. The van der Waals surface area contributed by atoms with Gasteiger partial charge in [-0.25, -0.2) is 4.79 Å². The van der Waals surface area contributed by atoms with Crippen LogP contribution >= 0.6 is 0 Å². The topological polar surface area (TPSA) is 102 Å². The first-order valence-electron chi connectivity index (χ1n) is 12.4. The summed E-state index contributed by atoms with van der Waals surface area (Å²) in [5.41, 5.74) is 1.12. The molecule has 2 aromatic carbocycles. The Bertz CT molecular complexity index is 1030. The van der Waals surface area contributed by atoms with Crippen molar-refractivity contribution in [3.63, 3.8) is 0 Å². The van der Waals surface area contributed by atoms with Crippen molar-refractivity contribution in [3.8, 4) is 0 Å². The van der Waals surface area contributed by atoms with E-state index < -0.39 is 48.5 Å². The van der Waals surface area contributed by atoms with Crippen molar-refractivity contribution in [3.05, 3.63) is 71.8 Å². The number of hydrogen-bond donors (Lipinski definition) is 1. The van der Waals surface area contributed by atoms with Crippen molar-refractivity contribution in [2.45, 2.75) is 76.8 Å². The second-order valence-electron chi connectivity index (χ2n) is 10.1. The molecule has 0 aromatic heterocycles. The number of carbonyl (C=O) groups is 2. The van der Waals surface area contributed by atoms with E-state index >= 15 is 0 Å². The molecule has 2 aromatic rings. The summed E-state index contributed by atoms with van der Waals surface area (Å²) in [5.74, 6) is -0.816. The fourth-order valence-electron chi connectivity index (χ4n) is 4.37. The van der Waals surface area contributed by atoms with Gasteiger partial charge in [-0.2, -0.15) is 0 Å². The highest BCUT2D eigenvalue weighted by atomic mass is 16.8. The van der Waals surface area contributed by atoms with Gasteiger partial charge in [0.1, 0.15) is 36.6 Å². The van der Waals surface area contributed by atoms with Crippen molar-refractivity contribution < 1.29 is 38.0 Å². The highest BCUT2D eigenvalue weighted by Gasteiger charge is 2.51. The summed E-state index contributed by atoms with van der Waals surface area (Å²) in [6.07, 6.45) is -3.48. The molecule has 9 heteroatoms. The Morgan fingerprint density at radius 2 is 1.65 bits per heavy atom. The van der Waals surface area contributed by atoms with Gasteiger partial charge < -0.3 is 33.7 Å². The summed E-state index contributed by atoms with van der Waals surface area (Å²) in [6.45, 7) is 6.91. The van der Waals surface area contributed by atoms with Crippen molar-refractivity contribution in [2.75, 3.05) is 13.2 Å². The molecule has 2 aliphatic rings. The minimum Gasteiger partial charge on any atom is -0.458 e. The Morgan fingerprint density at radius 1 is 0.973 bits per heavy atom. The molecule has 2 heterocycles. The fraction of sp³-hybridized carbons (Fsp3) is 0.500. The molecule has 0 bridgehead atoms. The smallest absolute Gasteiger partial charge is 0.332 e. The molecule has 9 nitrogen and oxygen atoms in total. The van der Waals surface area contributed by atoms with E-state index in [0.717, 1.165) is 11.1 Å². The second kappa shape index (κ2) is 12.1. The molecule has 1 N–H and O–H groups in total. The molecule has 2 fully saturated rings. The molecule has 0 aliphatic carbocycles. The van der Waals surface area contributed by atoms with Crippen LogP contribution in [0.15, 0.2) is 60.7 Å². The van der Waals surface area contributed by atoms with Gasteiger partial charge in [-0.1, -0.05) is 60.7 Å². The Labute approximate surface area is 217 Å². The third kappa shape index (κ3) is 7.59. The van der Waals surface area contributed by atoms with Crippen LogP contribution in [-0.4, -0.2) is 61.3 Å². The van der Waals surface area contributed by atoms with Crippen LogP contribution in [-0.2, 0) is 44.6 Å². The average molecular weight is 514 g/mol. The van der Waals surface area contributed by atoms with Gasteiger partial charge in [-0.15, -0.1) is 0 Å². The number of nitrogens with one attached hydrogen (secondary N) is 1. The predicted molar refractivity (Wildman–Crippen MR) is 133 cm³/mol. The number of amides is 1. The Balaban J connectivity index is 1.56. The number of benzene rings is 2. The zero-order valence-electron chi connectivity index (χ0n) is 21.6. The van der Waals surface area contributed by atoms with Gasteiger partial charge in [-0.05, 0) is 26.3 Å². The monoisotopic (exact) mass is 513 g/mol. The lowest BCUT2D eigenvalue weighted by Gasteiger charge is -2.49. The number of carbonyl (C=O) groups excluding carboxylic acids is 2. The SMILES string of the molecule is CC(=O)N[C@@H]1[C@H](OCc2ccccc2)O[C@H]2CO[C@H](c3ccccc3)O[C@H]2[C@H]1OCC(=O)OC(C)(C)C. The molecule has 4 rings (SSSR count). The normalized spacial score (nSPS) is 27.7. The van der Waals surface area contributed by atoms with Gasteiger partial charge in [-0.3, -0.25) is 4.79 Å². The molecule has 0 radical (unpaired) electrons. The lowest BCUT2D eigenvalue weighted by molar-refractivity contribution is -0.349. The van der Waals surface area contributed by atoms with E-state index in [1.54, 1.807) is 20.8 Å². The van der Waals surface area contributed by atoms with Crippen LogP contribution in [0.5, 0.6) is 0 Å². The molecule has 37 heavy (non-hydrogen) atoms. The Morgan fingerprint density at radius 3 is 2.30 bits per heavy atom. The molecule has 2 saturated heterocycles. The van der Waals surface area contributed by atoms with Crippen molar-refractivity contribution >= 4 is 11.9 Å². The lowest BCUT2D eigenvalue weighted by atomic mass is 9.95. The van der Waals surface area contributed by atoms with Crippen LogP contribution < -0.4 is 5.32 Å². The Kier molecular flexibility index (Phi) is 8.94. The standard InChI is InChI=1S/C28H35NO8/c1-18(30)29-23-25(32-17-22(31)37-28(2,3)4)24-21(16-34-26(36-24)20-13-9-6-10-14-20)35-27(23)33-15-19-11-7-5-8-12-19/h5-14,21,23-27H,15-17H2,1-4H3,(H,29,30)/t21-,23-,24+,25-,26-,27+/m0/s1. The highest BCUT2D eigenvalue weighted by molar-refractivity contribution is 5.73. The first-order valence-corrected chi connectivity index (χ1v) is 12.4. The summed E-state index contributed by atoms with van der Waals surface area (Å²) in [5, 5.41) is 2.89. The van der Waals surface area contributed by atoms with E-state index in [-0.39, 0.29) is 25.7 Å².